The lowest BCUT2D eigenvalue weighted by Crippen LogP contribution is -2.32. The smallest absolute Gasteiger partial charge is 0.249 e. The topological polar surface area (TPSA) is 62.4 Å². The van der Waals surface area contributed by atoms with Crippen LogP contribution in [-0.2, 0) is 6.54 Å². The van der Waals surface area contributed by atoms with Crippen LogP contribution < -0.4 is 0 Å². The van der Waals surface area contributed by atoms with E-state index in [1.807, 2.05) is 17.0 Å². The fourth-order valence-corrected chi connectivity index (χ4v) is 2.65. The zero-order valence-corrected chi connectivity index (χ0v) is 12.1. The molecule has 1 aliphatic heterocycles. The van der Waals surface area contributed by atoms with Gasteiger partial charge in [-0.25, -0.2) is 4.39 Å². The van der Waals surface area contributed by atoms with Gasteiger partial charge in [-0.1, -0.05) is 23.7 Å². The first-order chi connectivity index (χ1) is 10.1. The number of alkyl halides is 1. The van der Waals surface area contributed by atoms with Gasteiger partial charge in [-0.15, -0.1) is 10.2 Å². The number of aliphatic hydroxyl groups excluding tert-OH is 1. The fraction of sp³-hybridized carbons (Fsp3) is 0.429. The lowest BCUT2D eigenvalue weighted by Gasteiger charge is -2.16. The van der Waals surface area contributed by atoms with Gasteiger partial charge in [-0.3, -0.25) is 4.90 Å². The zero-order valence-electron chi connectivity index (χ0n) is 11.3. The Bertz CT molecular complexity index is 636. The highest BCUT2D eigenvalue weighted by molar-refractivity contribution is 6.33. The molecule has 21 heavy (non-hydrogen) atoms. The number of hydrogen-bond acceptors (Lipinski definition) is 5. The van der Waals surface area contributed by atoms with Gasteiger partial charge in [0.15, 0.2) is 0 Å². The summed E-state index contributed by atoms with van der Waals surface area (Å²) < 4.78 is 19.5. The van der Waals surface area contributed by atoms with E-state index in [1.165, 1.54) is 0 Å². The van der Waals surface area contributed by atoms with Gasteiger partial charge in [-0.2, -0.15) is 0 Å². The third-order valence-electron chi connectivity index (χ3n) is 3.60. The molecule has 1 saturated heterocycles. The maximum absolute atomic E-state index is 13.9. The second kappa shape index (κ2) is 5.71. The number of hydrogen-bond donors (Lipinski definition) is 1. The standard InChI is InChI=1S/C14H15ClFN3O2/c15-11-4-2-1-3-10(11)13-18-17-12(21-13)7-19-6-5-14(16,8-19)9-20/h1-4,20H,5-9H2. The van der Waals surface area contributed by atoms with Crippen LogP contribution in [0, 0.1) is 0 Å². The fourth-order valence-electron chi connectivity index (χ4n) is 2.43. The van der Waals surface area contributed by atoms with E-state index in [-0.39, 0.29) is 6.54 Å². The molecule has 1 aromatic heterocycles. The van der Waals surface area contributed by atoms with Crippen molar-refractivity contribution in [1.29, 1.82) is 0 Å². The largest absolute Gasteiger partial charge is 0.419 e. The molecule has 5 nitrogen and oxygen atoms in total. The normalized spacial score (nSPS) is 22.8. The molecular weight excluding hydrogens is 297 g/mol. The molecule has 0 aliphatic carbocycles. The van der Waals surface area contributed by atoms with Crippen LogP contribution in [0.15, 0.2) is 28.7 Å². The Morgan fingerprint density at radius 1 is 1.38 bits per heavy atom. The number of aliphatic hydroxyl groups is 1. The summed E-state index contributed by atoms with van der Waals surface area (Å²) in [6.45, 7) is 0.634. The molecule has 2 heterocycles. The summed E-state index contributed by atoms with van der Waals surface area (Å²) in [6.07, 6.45) is 0.314. The number of benzene rings is 1. The third-order valence-corrected chi connectivity index (χ3v) is 3.93. The van der Waals surface area contributed by atoms with Gasteiger partial charge in [0, 0.05) is 13.1 Å². The molecule has 112 valence electrons. The van der Waals surface area contributed by atoms with E-state index in [0.29, 0.717) is 41.9 Å². The van der Waals surface area contributed by atoms with E-state index in [0.717, 1.165) is 0 Å². The van der Waals surface area contributed by atoms with Crippen molar-refractivity contribution < 1.29 is 13.9 Å². The highest BCUT2D eigenvalue weighted by Crippen LogP contribution is 2.28. The summed E-state index contributed by atoms with van der Waals surface area (Å²) in [5.74, 6) is 0.760. The Kier molecular flexibility index (Phi) is 3.93. The first-order valence-corrected chi connectivity index (χ1v) is 7.07. The van der Waals surface area contributed by atoms with Crippen molar-refractivity contribution in [1.82, 2.24) is 15.1 Å². The second-order valence-electron chi connectivity index (χ2n) is 5.25. The summed E-state index contributed by atoms with van der Waals surface area (Å²) in [6, 6.07) is 7.21. The molecule has 1 aromatic carbocycles. The Balaban J connectivity index is 1.71. The van der Waals surface area contributed by atoms with Crippen molar-refractivity contribution in [2.24, 2.45) is 0 Å². The molecule has 0 bridgehead atoms. The van der Waals surface area contributed by atoms with Gasteiger partial charge in [0.2, 0.25) is 11.8 Å². The maximum Gasteiger partial charge on any atom is 0.249 e. The molecule has 3 rings (SSSR count). The molecule has 0 saturated carbocycles. The van der Waals surface area contributed by atoms with Crippen molar-refractivity contribution >= 4 is 11.6 Å². The molecule has 1 aliphatic rings. The van der Waals surface area contributed by atoms with E-state index in [4.69, 9.17) is 21.1 Å². The van der Waals surface area contributed by atoms with E-state index >= 15 is 0 Å². The van der Waals surface area contributed by atoms with Crippen LogP contribution in [-0.4, -0.2) is 45.6 Å². The minimum absolute atomic E-state index is 0.174. The summed E-state index contributed by atoms with van der Waals surface area (Å²) in [7, 11) is 0. The molecule has 2 aromatic rings. The van der Waals surface area contributed by atoms with Gasteiger partial charge in [0.05, 0.1) is 23.7 Å². The SMILES string of the molecule is OCC1(F)CCN(Cc2nnc(-c3ccccc3Cl)o2)C1. The Labute approximate surface area is 126 Å². The average Bonchev–Trinajstić information content (AvgIpc) is 3.08. The van der Waals surface area contributed by atoms with Crippen LogP contribution in [0.4, 0.5) is 4.39 Å². The van der Waals surface area contributed by atoms with Crippen molar-refractivity contribution in [3.8, 4) is 11.5 Å². The maximum atomic E-state index is 13.9. The summed E-state index contributed by atoms with van der Waals surface area (Å²) in [4.78, 5) is 1.85. The molecule has 1 N–H and O–H groups in total. The lowest BCUT2D eigenvalue weighted by molar-refractivity contribution is 0.0759. The van der Waals surface area contributed by atoms with Gasteiger partial charge < -0.3 is 9.52 Å². The first kappa shape index (κ1) is 14.4. The van der Waals surface area contributed by atoms with Gasteiger partial charge in [-0.05, 0) is 18.6 Å². The third kappa shape index (κ3) is 3.07. The number of nitrogens with zero attached hydrogens (tertiary/aromatic N) is 3. The summed E-state index contributed by atoms with van der Waals surface area (Å²) >= 11 is 6.08. The lowest BCUT2D eigenvalue weighted by atomic mass is 10.1. The Hall–Kier alpha value is -1.50. The Morgan fingerprint density at radius 2 is 2.19 bits per heavy atom. The van der Waals surface area contributed by atoms with Gasteiger partial charge in [0.1, 0.15) is 5.67 Å². The van der Waals surface area contributed by atoms with E-state index in [1.54, 1.807) is 12.1 Å². The van der Waals surface area contributed by atoms with Crippen LogP contribution >= 0.6 is 11.6 Å². The van der Waals surface area contributed by atoms with Crippen LogP contribution in [0.25, 0.3) is 11.5 Å². The van der Waals surface area contributed by atoms with Crippen molar-refractivity contribution in [3.05, 3.63) is 35.2 Å². The molecule has 1 unspecified atom stereocenters. The van der Waals surface area contributed by atoms with Crippen LogP contribution in [0.5, 0.6) is 0 Å². The number of likely N-dealkylation sites (tertiary alicyclic amines) is 1. The molecule has 0 spiro atoms. The van der Waals surface area contributed by atoms with E-state index in [2.05, 4.69) is 10.2 Å². The quantitative estimate of drug-likeness (QED) is 0.938. The summed E-state index contributed by atoms with van der Waals surface area (Å²) in [5.41, 5.74) is -0.847. The highest BCUT2D eigenvalue weighted by Gasteiger charge is 2.38. The van der Waals surface area contributed by atoms with Crippen LogP contribution in [0.1, 0.15) is 12.3 Å². The summed E-state index contributed by atoms with van der Waals surface area (Å²) in [5, 5.41) is 17.5. The number of rotatable bonds is 4. The van der Waals surface area contributed by atoms with Gasteiger partial charge in [0.25, 0.3) is 0 Å². The molecular formula is C14H15ClFN3O2. The number of halogens is 2. The molecule has 1 atom stereocenters. The highest BCUT2D eigenvalue weighted by atomic mass is 35.5. The minimum atomic E-state index is -1.52. The predicted molar refractivity (Wildman–Crippen MR) is 75.6 cm³/mol. The molecule has 7 heteroatoms. The van der Waals surface area contributed by atoms with Crippen molar-refractivity contribution in [2.75, 3.05) is 19.7 Å². The molecule has 0 amide bonds. The predicted octanol–water partition coefficient (Wildman–Crippen LogP) is 2.30. The number of aromatic nitrogens is 2. The molecule has 1 fully saturated rings. The van der Waals surface area contributed by atoms with E-state index in [9.17, 15) is 4.39 Å². The zero-order chi connectivity index (χ0) is 14.9. The van der Waals surface area contributed by atoms with Crippen molar-refractivity contribution in [2.45, 2.75) is 18.6 Å². The second-order valence-corrected chi connectivity index (χ2v) is 5.66. The average molecular weight is 312 g/mol. The van der Waals surface area contributed by atoms with Gasteiger partial charge >= 0.3 is 0 Å². The van der Waals surface area contributed by atoms with E-state index < -0.39 is 12.3 Å². The van der Waals surface area contributed by atoms with Crippen LogP contribution in [0.2, 0.25) is 5.02 Å². The molecule has 0 radical (unpaired) electrons. The minimum Gasteiger partial charge on any atom is -0.419 e. The Morgan fingerprint density at radius 3 is 2.90 bits per heavy atom. The first-order valence-electron chi connectivity index (χ1n) is 6.69. The monoisotopic (exact) mass is 311 g/mol. The van der Waals surface area contributed by atoms with Crippen molar-refractivity contribution in [3.63, 3.8) is 0 Å². The van der Waals surface area contributed by atoms with Crippen LogP contribution in [0.3, 0.4) is 0 Å².